The third-order valence-electron chi connectivity index (χ3n) is 6.06. The number of amides is 1. The largest absolute Gasteiger partial charge is 0.416 e. The van der Waals surface area contributed by atoms with Crippen molar-refractivity contribution in [3.63, 3.8) is 0 Å². The Morgan fingerprint density at radius 3 is 2.07 bits per heavy atom. The minimum Gasteiger partial charge on any atom is -0.340 e. The van der Waals surface area contributed by atoms with E-state index in [9.17, 15) is 26.4 Å². The number of rotatable bonds is 4. The average Bonchev–Trinajstić information content (AvgIpc) is 3.19. The summed E-state index contributed by atoms with van der Waals surface area (Å²) in [5.74, 6) is 0.114. The second-order valence-corrected chi connectivity index (χ2v) is 10.8. The van der Waals surface area contributed by atoms with Gasteiger partial charge in [-0.05, 0) is 49.4 Å². The van der Waals surface area contributed by atoms with Crippen molar-refractivity contribution in [3.8, 4) is 0 Å². The fourth-order valence-electron chi connectivity index (χ4n) is 4.13. The summed E-state index contributed by atoms with van der Waals surface area (Å²) in [6, 6.07) is 3.50. The third-order valence-corrected chi connectivity index (χ3v) is 7.97. The predicted octanol–water partition coefficient (Wildman–Crippen LogP) is 3.78. The molecule has 1 aromatic rings. The number of hydrogen-bond acceptors (Lipinski definition) is 3. The predicted molar refractivity (Wildman–Crippen MR) is 107 cm³/mol. The molecule has 0 N–H and O–H groups in total. The quantitative estimate of drug-likeness (QED) is 0.665. The van der Waals surface area contributed by atoms with Gasteiger partial charge in [-0.1, -0.05) is 25.5 Å². The number of sulfonamides is 1. The minimum atomic E-state index is -4.52. The molecule has 0 aromatic heterocycles. The van der Waals surface area contributed by atoms with E-state index in [4.69, 9.17) is 0 Å². The fourth-order valence-corrected chi connectivity index (χ4v) is 5.55. The third kappa shape index (κ3) is 4.27. The van der Waals surface area contributed by atoms with Gasteiger partial charge in [0.2, 0.25) is 15.9 Å². The van der Waals surface area contributed by atoms with Gasteiger partial charge in [0.25, 0.3) is 0 Å². The molecule has 1 aliphatic heterocycles. The van der Waals surface area contributed by atoms with E-state index < -0.39 is 21.8 Å². The normalized spacial score (nSPS) is 24.4. The van der Waals surface area contributed by atoms with Crippen molar-refractivity contribution >= 4 is 15.9 Å². The highest BCUT2D eigenvalue weighted by Crippen LogP contribution is 2.60. The van der Waals surface area contributed by atoms with Crippen LogP contribution in [0.4, 0.5) is 13.2 Å². The molecule has 166 valence electrons. The molecular formula is C21H27F3N2O3S. The molecule has 30 heavy (non-hydrogen) atoms. The molecule has 0 radical (unpaired) electrons. The fraction of sp³-hybridized carbons (Fsp3) is 0.571. The van der Waals surface area contributed by atoms with Crippen molar-refractivity contribution in [2.45, 2.75) is 38.8 Å². The van der Waals surface area contributed by atoms with Gasteiger partial charge in [0.1, 0.15) is 0 Å². The second kappa shape index (κ2) is 7.67. The lowest BCUT2D eigenvalue weighted by atomic mass is 10.1. The topological polar surface area (TPSA) is 57.7 Å². The lowest BCUT2D eigenvalue weighted by Crippen LogP contribution is -2.51. The van der Waals surface area contributed by atoms with Gasteiger partial charge in [-0.25, -0.2) is 8.42 Å². The molecule has 1 saturated carbocycles. The maximum Gasteiger partial charge on any atom is 0.416 e. The van der Waals surface area contributed by atoms with Crippen molar-refractivity contribution in [1.29, 1.82) is 0 Å². The van der Waals surface area contributed by atoms with Gasteiger partial charge >= 0.3 is 6.18 Å². The number of halogens is 3. The Hall–Kier alpha value is -1.87. The molecule has 1 amide bonds. The Balaban J connectivity index is 1.65. The molecule has 1 aliphatic carbocycles. The molecule has 2 unspecified atom stereocenters. The van der Waals surface area contributed by atoms with E-state index in [0.29, 0.717) is 0 Å². The number of allylic oxidation sites excluding steroid dienone is 2. The molecule has 0 bridgehead atoms. The van der Waals surface area contributed by atoms with E-state index in [1.807, 2.05) is 13.8 Å². The Morgan fingerprint density at radius 1 is 1.07 bits per heavy atom. The smallest absolute Gasteiger partial charge is 0.340 e. The standard InChI is InChI=1S/C21H27F3N2O3S/c1-14(2)13-17-18(20(17,3)4)19(27)25-9-11-26(12-10-25)30(28,29)16-7-5-15(6-8-16)21(22,23)24/h5-8,13,17-18H,9-12H2,1-4H3. The number of piperazine rings is 1. The van der Waals surface area contributed by atoms with Crippen LogP contribution in [0, 0.1) is 17.3 Å². The van der Waals surface area contributed by atoms with Crippen LogP contribution in [0.1, 0.15) is 33.3 Å². The number of alkyl halides is 3. The zero-order valence-electron chi connectivity index (χ0n) is 17.5. The molecule has 0 spiro atoms. The first kappa shape index (κ1) is 22.8. The summed E-state index contributed by atoms with van der Waals surface area (Å²) in [5.41, 5.74) is 0.156. The molecule has 2 aliphatic rings. The molecule has 2 atom stereocenters. The molecule has 2 fully saturated rings. The van der Waals surface area contributed by atoms with Crippen molar-refractivity contribution in [2.75, 3.05) is 26.2 Å². The van der Waals surface area contributed by atoms with Crippen LogP contribution < -0.4 is 0 Å². The molecule has 3 rings (SSSR count). The van der Waals surface area contributed by atoms with Crippen LogP contribution >= 0.6 is 0 Å². The maximum atomic E-state index is 12.9. The van der Waals surface area contributed by atoms with E-state index in [1.165, 1.54) is 4.31 Å². The number of hydrogen-bond donors (Lipinski definition) is 0. The van der Waals surface area contributed by atoms with Crippen LogP contribution in [-0.2, 0) is 21.0 Å². The van der Waals surface area contributed by atoms with E-state index in [0.717, 1.165) is 29.8 Å². The van der Waals surface area contributed by atoms with Crippen molar-refractivity contribution in [1.82, 2.24) is 9.21 Å². The van der Waals surface area contributed by atoms with E-state index >= 15 is 0 Å². The summed E-state index contributed by atoms with van der Waals surface area (Å²) in [4.78, 5) is 14.5. The summed E-state index contributed by atoms with van der Waals surface area (Å²) in [6.45, 7) is 8.91. The molecule has 1 heterocycles. The number of carbonyl (C=O) groups is 1. The lowest BCUT2D eigenvalue weighted by molar-refractivity contribution is -0.137. The number of carbonyl (C=O) groups excluding carboxylic acids is 1. The Kier molecular flexibility index (Phi) is 5.83. The Bertz CT molecular complexity index is 941. The van der Waals surface area contributed by atoms with E-state index in [-0.39, 0.29) is 54.2 Å². The molecular weight excluding hydrogens is 417 g/mol. The van der Waals surface area contributed by atoms with Gasteiger partial charge < -0.3 is 4.90 Å². The van der Waals surface area contributed by atoms with Crippen molar-refractivity contribution in [2.24, 2.45) is 17.3 Å². The zero-order valence-corrected chi connectivity index (χ0v) is 18.3. The van der Waals surface area contributed by atoms with E-state index in [1.54, 1.807) is 4.90 Å². The zero-order chi connectivity index (χ0) is 22.5. The van der Waals surface area contributed by atoms with Gasteiger partial charge in [0.15, 0.2) is 0 Å². The lowest BCUT2D eigenvalue weighted by Gasteiger charge is -2.34. The van der Waals surface area contributed by atoms with Crippen LogP contribution in [-0.4, -0.2) is 49.7 Å². The van der Waals surface area contributed by atoms with E-state index in [2.05, 4.69) is 19.9 Å². The van der Waals surface area contributed by atoms with Crippen LogP contribution in [0.15, 0.2) is 40.8 Å². The maximum absolute atomic E-state index is 12.9. The number of benzene rings is 1. The minimum absolute atomic E-state index is 0.0362. The first-order valence-corrected chi connectivity index (χ1v) is 11.3. The molecule has 9 heteroatoms. The highest BCUT2D eigenvalue weighted by atomic mass is 32.2. The van der Waals surface area contributed by atoms with Gasteiger partial charge in [0.05, 0.1) is 16.4 Å². The highest BCUT2D eigenvalue weighted by molar-refractivity contribution is 7.89. The average molecular weight is 445 g/mol. The van der Waals surface area contributed by atoms with Crippen molar-refractivity contribution in [3.05, 3.63) is 41.5 Å². The van der Waals surface area contributed by atoms with Gasteiger partial charge in [-0.15, -0.1) is 0 Å². The SMILES string of the molecule is CC(C)=CC1C(C(=O)N2CCN(S(=O)(=O)c3ccc(C(F)(F)F)cc3)CC2)C1(C)C. The summed E-state index contributed by atoms with van der Waals surface area (Å²) in [6.07, 6.45) is -2.40. The second-order valence-electron chi connectivity index (χ2n) is 8.82. The van der Waals surface area contributed by atoms with Crippen LogP contribution in [0.2, 0.25) is 0 Å². The number of nitrogens with zero attached hydrogens (tertiary/aromatic N) is 2. The van der Waals surface area contributed by atoms with Gasteiger partial charge in [-0.3, -0.25) is 4.79 Å². The summed E-state index contributed by atoms with van der Waals surface area (Å²) in [7, 11) is -3.91. The van der Waals surface area contributed by atoms with Crippen LogP contribution in [0.25, 0.3) is 0 Å². The van der Waals surface area contributed by atoms with Crippen molar-refractivity contribution < 1.29 is 26.4 Å². The van der Waals surface area contributed by atoms with Crippen LogP contribution in [0.3, 0.4) is 0 Å². The highest BCUT2D eigenvalue weighted by Gasteiger charge is 2.61. The monoisotopic (exact) mass is 444 g/mol. The summed E-state index contributed by atoms with van der Waals surface area (Å²) >= 11 is 0. The first-order chi connectivity index (χ1) is 13.8. The molecule has 1 saturated heterocycles. The van der Waals surface area contributed by atoms with Gasteiger partial charge in [-0.2, -0.15) is 17.5 Å². The molecule has 1 aromatic carbocycles. The summed E-state index contributed by atoms with van der Waals surface area (Å²) in [5, 5.41) is 0. The summed E-state index contributed by atoms with van der Waals surface area (Å²) < 4.78 is 64.9. The Labute approximate surface area is 175 Å². The Morgan fingerprint density at radius 2 is 1.60 bits per heavy atom. The van der Waals surface area contributed by atoms with Crippen LogP contribution in [0.5, 0.6) is 0 Å². The molecule has 5 nitrogen and oxygen atoms in total. The van der Waals surface area contributed by atoms with Gasteiger partial charge in [0, 0.05) is 26.2 Å². The first-order valence-electron chi connectivity index (χ1n) is 9.87.